The van der Waals surface area contributed by atoms with Gasteiger partial charge in [-0.1, -0.05) is 11.6 Å². The van der Waals surface area contributed by atoms with Crippen molar-refractivity contribution in [3.8, 4) is 5.75 Å². The summed E-state index contributed by atoms with van der Waals surface area (Å²) in [6.07, 6.45) is 1.62. The minimum absolute atomic E-state index is 0.0350. The molecule has 3 heterocycles. The summed E-state index contributed by atoms with van der Waals surface area (Å²) in [6, 6.07) is 5.57. The molecule has 1 atom stereocenters. The first-order chi connectivity index (χ1) is 12.8. The zero-order valence-corrected chi connectivity index (χ0v) is 16.2. The molecule has 1 spiro atoms. The minimum Gasteiger partial charge on any atom is -0.484 e. The molecule has 2 amide bonds. The molecule has 0 aromatic heterocycles. The normalized spacial score (nSPS) is 26.0. The van der Waals surface area contributed by atoms with Gasteiger partial charge in [-0.25, -0.2) is 8.42 Å². The van der Waals surface area contributed by atoms with Gasteiger partial charge in [-0.2, -0.15) is 0 Å². The summed E-state index contributed by atoms with van der Waals surface area (Å²) in [4.78, 5) is 26.8. The summed E-state index contributed by atoms with van der Waals surface area (Å²) in [7, 11) is -3.07. The molecule has 0 saturated carbocycles. The second-order valence-corrected chi connectivity index (χ2v) is 10.1. The molecule has 2 saturated heterocycles. The predicted molar refractivity (Wildman–Crippen MR) is 99.4 cm³/mol. The summed E-state index contributed by atoms with van der Waals surface area (Å²) in [5, 5.41) is 2.95. The minimum atomic E-state index is -3.07. The molecular weight excluding hydrogens is 368 g/mol. The number of ether oxygens (including phenoxy) is 1. The monoisotopic (exact) mass is 392 g/mol. The maximum absolute atomic E-state index is 12.7. The molecule has 4 rings (SSSR count). The molecule has 3 aliphatic heterocycles. The first-order valence-corrected chi connectivity index (χ1v) is 11.2. The highest BCUT2D eigenvalue weighted by Crippen LogP contribution is 2.34. The van der Waals surface area contributed by atoms with Crippen LogP contribution in [0.2, 0.25) is 0 Å². The lowest BCUT2D eigenvalue weighted by Crippen LogP contribution is -2.55. The quantitative estimate of drug-likeness (QED) is 0.767. The lowest BCUT2D eigenvalue weighted by Gasteiger charge is -2.41. The number of aryl methyl sites for hydroxylation is 1. The third kappa shape index (κ3) is 3.54. The second kappa shape index (κ2) is 6.51. The molecule has 1 N–H and O–H groups in total. The van der Waals surface area contributed by atoms with E-state index in [-0.39, 0.29) is 23.3 Å². The lowest BCUT2D eigenvalue weighted by atomic mass is 9.90. The van der Waals surface area contributed by atoms with Gasteiger partial charge < -0.3 is 15.0 Å². The van der Waals surface area contributed by atoms with Crippen LogP contribution >= 0.6 is 0 Å². The number of nitrogens with zero attached hydrogens (tertiary/aromatic N) is 1. The Bertz CT molecular complexity index is 887. The zero-order chi connectivity index (χ0) is 19.2. The van der Waals surface area contributed by atoms with Crippen LogP contribution < -0.4 is 10.1 Å². The van der Waals surface area contributed by atoms with E-state index >= 15 is 0 Å². The van der Waals surface area contributed by atoms with Crippen molar-refractivity contribution in [1.29, 1.82) is 0 Å². The van der Waals surface area contributed by atoms with E-state index < -0.39 is 21.4 Å². The van der Waals surface area contributed by atoms with Crippen LogP contribution in [0.3, 0.4) is 0 Å². The number of sulfone groups is 1. The van der Waals surface area contributed by atoms with Crippen LogP contribution in [-0.4, -0.2) is 61.9 Å². The van der Waals surface area contributed by atoms with Gasteiger partial charge in [0.25, 0.3) is 5.91 Å². The number of benzene rings is 1. The van der Waals surface area contributed by atoms with Gasteiger partial charge in [0.2, 0.25) is 5.91 Å². The number of hydrogen-bond acceptors (Lipinski definition) is 5. The molecule has 1 unspecified atom stereocenters. The van der Waals surface area contributed by atoms with E-state index in [2.05, 4.69) is 5.32 Å². The highest BCUT2D eigenvalue weighted by molar-refractivity contribution is 7.91. The van der Waals surface area contributed by atoms with E-state index in [1.54, 1.807) is 4.90 Å². The molecule has 0 radical (unpaired) electrons. The molecule has 0 bridgehead atoms. The third-order valence-electron chi connectivity index (χ3n) is 5.85. The smallest absolute Gasteiger partial charge is 0.255 e. The SMILES string of the molecule is Cc1ccc2c(c1)C(=O)NCC1(CCN(C(=O)C3CCS(=O)(=O)C3)CC1)O2. The standard InChI is InChI=1S/C19H24N2O5S/c1-13-2-3-16-15(10-13)17(22)20-12-19(26-16)5-7-21(8-6-19)18(23)14-4-9-27(24,25)11-14/h2-3,10,14H,4-9,11-12H2,1H3,(H,20,22). The van der Waals surface area contributed by atoms with Gasteiger partial charge in [-0.05, 0) is 25.5 Å². The van der Waals surface area contributed by atoms with Crippen LogP contribution in [0.25, 0.3) is 0 Å². The number of carbonyl (C=O) groups excluding carboxylic acids is 2. The fourth-order valence-electron chi connectivity index (χ4n) is 4.18. The fraction of sp³-hybridized carbons (Fsp3) is 0.579. The van der Waals surface area contributed by atoms with Crippen molar-refractivity contribution < 1.29 is 22.7 Å². The number of fused-ring (bicyclic) bond motifs is 1. The average Bonchev–Trinajstić information content (AvgIpc) is 2.95. The molecule has 2 fully saturated rings. The van der Waals surface area contributed by atoms with E-state index in [0.29, 0.717) is 50.2 Å². The van der Waals surface area contributed by atoms with Crippen LogP contribution in [0.1, 0.15) is 35.2 Å². The molecule has 0 aliphatic carbocycles. The van der Waals surface area contributed by atoms with Crippen molar-refractivity contribution in [1.82, 2.24) is 10.2 Å². The van der Waals surface area contributed by atoms with Gasteiger partial charge in [0.05, 0.1) is 29.5 Å². The Morgan fingerprint density at radius 3 is 2.70 bits per heavy atom. The van der Waals surface area contributed by atoms with Crippen molar-refractivity contribution in [3.05, 3.63) is 29.3 Å². The number of piperidine rings is 1. The predicted octanol–water partition coefficient (Wildman–Crippen LogP) is 0.913. The van der Waals surface area contributed by atoms with Crippen molar-refractivity contribution in [3.63, 3.8) is 0 Å². The molecule has 3 aliphatic rings. The Hall–Kier alpha value is -2.09. The van der Waals surface area contributed by atoms with E-state index in [1.165, 1.54) is 0 Å². The molecule has 1 aromatic carbocycles. The largest absolute Gasteiger partial charge is 0.484 e. The topological polar surface area (TPSA) is 92.8 Å². The lowest BCUT2D eigenvalue weighted by molar-refractivity contribution is -0.138. The van der Waals surface area contributed by atoms with Crippen LogP contribution in [-0.2, 0) is 14.6 Å². The Kier molecular flexibility index (Phi) is 4.41. The van der Waals surface area contributed by atoms with E-state index in [9.17, 15) is 18.0 Å². The van der Waals surface area contributed by atoms with Gasteiger partial charge in [0, 0.05) is 25.9 Å². The first-order valence-electron chi connectivity index (χ1n) is 9.34. The van der Waals surface area contributed by atoms with Gasteiger partial charge in [-0.15, -0.1) is 0 Å². The van der Waals surface area contributed by atoms with E-state index in [4.69, 9.17) is 4.74 Å². The van der Waals surface area contributed by atoms with Crippen LogP contribution in [0.4, 0.5) is 0 Å². The Labute approximate surface area is 159 Å². The van der Waals surface area contributed by atoms with Crippen molar-refractivity contribution in [2.45, 2.75) is 31.8 Å². The molecule has 1 aromatic rings. The summed E-state index contributed by atoms with van der Waals surface area (Å²) < 4.78 is 29.6. The van der Waals surface area contributed by atoms with Gasteiger partial charge in [0.15, 0.2) is 9.84 Å². The Morgan fingerprint density at radius 2 is 2.04 bits per heavy atom. The molecule has 7 nitrogen and oxygen atoms in total. The third-order valence-corrected chi connectivity index (χ3v) is 7.61. The summed E-state index contributed by atoms with van der Waals surface area (Å²) in [6.45, 7) is 3.35. The maximum atomic E-state index is 12.7. The second-order valence-electron chi connectivity index (χ2n) is 7.89. The van der Waals surface area contributed by atoms with Gasteiger partial charge >= 0.3 is 0 Å². The number of likely N-dealkylation sites (tertiary alicyclic amines) is 1. The van der Waals surface area contributed by atoms with E-state index in [1.807, 2.05) is 25.1 Å². The van der Waals surface area contributed by atoms with Crippen LogP contribution in [0.15, 0.2) is 18.2 Å². The number of nitrogens with one attached hydrogen (secondary N) is 1. The number of amides is 2. The maximum Gasteiger partial charge on any atom is 0.255 e. The molecule has 8 heteroatoms. The number of rotatable bonds is 1. The van der Waals surface area contributed by atoms with Crippen LogP contribution in [0.5, 0.6) is 5.75 Å². The van der Waals surface area contributed by atoms with Crippen molar-refractivity contribution in [2.24, 2.45) is 5.92 Å². The number of hydrogen-bond donors (Lipinski definition) is 1. The molecular formula is C19H24N2O5S. The van der Waals surface area contributed by atoms with Crippen LogP contribution in [0, 0.1) is 12.8 Å². The highest BCUT2D eigenvalue weighted by atomic mass is 32.2. The summed E-state index contributed by atoms with van der Waals surface area (Å²) >= 11 is 0. The zero-order valence-electron chi connectivity index (χ0n) is 15.4. The van der Waals surface area contributed by atoms with Gasteiger partial charge in [0.1, 0.15) is 11.4 Å². The Balaban J connectivity index is 1.46. The van der Waals surface area contributed by atoms with Crippen molar-refractivity contribution >= 4 is 21.7 Å². The first kappa shape index (κ1) is 18.3. The van der Waals surface area contributed by atoms with Crippen molar-refractivity contribution in [2.75, 3.05) is 31.1 Å². The summed E-state index contributed by atoms with van der Waals surface area (Å²) in [5.74, 6) is 0.0267. The molecule has 27 heavy (non-hydrogen) atoms. The van der Waals surface area contributed by atoms with E-state index in [0.717, 1.165) is 5.56 Å². The van der Waals surface area contributed by atoms with Gasteiger partial charge in [-0.3, -0.25) is 9.59 Å². The highest BCUT2D eigenvalue weighted by Gasteiger charge is 2.43. The molecule has 146 valence electrons. The Morgan fingerprint density at radius 1 is 1.30 bits per heavy atom. The average molecular weight is 392 g/mol. The summed E-state index contributed by atoms with van der Waals surface area (Å²) in [5.41, 5.74) is 1.01. The fourth-order valence-corrected chi connectivity index (χ4v) is 5.91. The number of carbonyl (C=O) groups is 2.